The number of alkyl halides is 1. The minimum absolute atomic E-state index is 0. The summed E-state index contributed by atoms with van der Waals surface area (Å²) in [4.78, 5) is 9.98. The van der Waals surface area contributed by atoms with E-state index >= 15 is 0 Å². The Morgan fingerprint density at radius 2 is 1.58 bits per heavy atom. The molecule has 0 N–H and O–H groups in total. The smallest absolute Gasteiger partial charge is 0.550 e. The van der Waals surface area contributed by atoms with Crippen LogP contribution in [-0.4, -0.2) is 10.4 Å². The van der Waals surface area contributed by atoms with Gasteiger partial charge in [-0.2, -0.15) is 0 Å². The number of carbonyl (C=O) groups is 1. The van der Waals surface area contributed by atoms with Crippen molar-refractivity contribution in [2.75, 3.05) is 4.43 Å². The Hall–Kier alpha value is 2.25. The van der Waals surface area contributed by atoms with Crippen LogP contribution in [0.3, 0.4) is 0 Å². The summed E-state index contributed by atoms with van der Waals surface area (Å²) in [5, 5.41) is 9.98. The van der Waals surface area contributed by atoms with Crippen molar-refractivity contribution in [1.82, 2.24) is 0 Å². The van der Waals surface area contributed by atoms with Gasteiger partial charge < -0.3 is 9.90 Å². The Labute approximate surface area is 147 Å². The number of unbranched alkanes of at least 4 members (excludes halogenated alkanes) is 4. The van der Waals surface area contributed by atoms with Gasteiger partial charge in [0.25, 0.3) is 0 Å². The predicted octanol–water partition coefficient (Wildman–Crippen LogP) is -1.48. The van der Waals surface area contributed by atoms with Crippen LogP contribution >= 0.6 is 22.6 Å². The molecular formula is C8H14CsIO2. The monoisotopic (exact) mass is 402 g/mol. The van der Waals surface area contributed by atoms with Gasteiger partial charge in [-0.25, -0.2) is 0 Å². The van der Waals surface area contributed by atoms with E-state index in [1.165, 1.54) is 17.3 Å². The Morgan fingerprint density at radius 3 is 2.08 bits per heavy atom. The van der Waals surface area contributed by atoms with E-state index in [4.69, 9.17) is 0 Å². The summed E-state index contributed by atoms with van der Waals surface area (Å²) in [5.41, 5.74) is 0. The van der Waals surface area contributed by atoms with Crippen LogP contribution < -0.4 is 74.0 Å². The maximum Gasteiger partial charge on any atom is 1.00 e. The maximum atomic E-state index is 9.98. The van der Waals surface area contributed by atoms with Crippen molar-refractivity contribution < 1.29 is 78.8 Å². The van der Waals surface area contributed by atoms with Crippen LogP contribution in [0.2, 0.25) is 0 Å². The number of halogens is 1. The van der Waals surface area contributed by atoms with Crippen molar-refractivity contribution in [2.45, 2.75) is 38.5 Å². The first-order valence-electron chi connectivity index (χ1n) is 4.03. The first kappa shape index (κ1) is 16.7. The van der Waals surface area contributed by atoms with Gasteiger partial charge >= 0.3 is 68.9 Å². The number of carboxylic acids is 1. The van der Waals surface area contributed by atoms with Crippen LogP contribution in [0.4, 0.5) is 0 Å². The van der Waals surface area contributed by atoms with Crippen LogP contribution in [0.1, 0.15) is 38.5 Å². The molecule has 2 nitrogen and oxygen atoms in total. The summed E-state index contributed by atoms with van der Waals surface area (Å²) >= 11 is 2.35. The molecule has 0 heterocycles. The second-order valence-electron chi connectivity index (χ2n) is 2.58. The molecule has 0 atom stereocenters. The number of hydrogen-bond acceptors (Lipinski definition) is 2. The summed E-state index contributed by atoms with van der Waals surface area (Å²) in [5.74, 6) is -0.918. The molecule has 0 rings (SSSR count). The third-order valence-corrected chi connectivity index (χ3v) is 2.28. The molecule has 0 unspecified atom stereocenters. The quantitative estimate of drug-likeness (QED) is 0.296. The summed E-state index contributed by atoms with van der Waals surface area (Å²) in [7, 11) is 0. The van der Waals surface area contributed by atoms with Crippen LogP contribution in [0.5, 0.6) is 0 Å². The largest absolute Gasteiger partial charge is 1.00 e. The fourth-order valence-electron chi connectivity index (χ4n) is 0.894. The second kappa shape index (κ2) is 13.3. The summed E-state index contributed by atoms with van der Waals surface area (Å²) in [6, 6.07) is 0. The maximum absolute atomic E-state index is 9.98. The van der Waals surface area contributed by atoms with Crippen LogP contribution in [0.15, 0.2) is 0 Å². The van der Waals surface area contributed by atoms with E-state index in [1.54, 1.807) is 0 Å². The molecule has 0 aromatic carbocycles. The normalized spacial score (nSPS) is 9.08. The van der Waals surface area contributed by atoms with E-state index in [9.17, 15) is 9.90 Å². The molecule has 12 heavy (non-hydrogen) atoms. The molecule has 0 spiro atoms. The fourth-order valence-corrected chi connectivity index (χ4v) is 1.43. The third-order valence-electron chi connectivity index (χ3n) is 1.51. The molecule has 4 heteroatoms. The Morgan fingerprint density at radius 1 is 1.08 bits per heavy atom. The summed E-state index contributed by atoms with van der Waals surface area (Å²) in [6.45, 7) is 0. The fraction of sp³-hybridized carbons (Fsp3) is 0.875. The van der Waals surface area contributed by atoms with Gasteiger partial charge in [0.15, 0.2) is 0 Å². The topological polar surface area (TPSA) is 40.1 Å². The molecule has 0 aliphatic heterocycles. The average molecular weight is 402 g/mol. The molecule has 0 aromatic rings. The summed E-state index contributed by atoms with van der Waals surface area (Å²) < 4.78 is 1.21. The number of aliphatic carboxylic acids is 1. The van der Waals surface area contributed by atoms with E-state index in [0.717, 1.165) is 19.3 Å². The molecule has 0 aromatic heterocycles. The summed E-state index contributed by atoms with van der Waals surface area (Å²) in [6.07, 6.45) is 5.69. The van der Waals surface area contributed by atoms with Crippen molar-refractivity contribution in [2.24, 2.45) is 0 Å². The van der Waals surface area contributed by atoms with E-state index in [1.807, 2.05) is 0 Å². The van der Waals surface area contributed by atoms with E-state index in [2.05, 4.69) is 22.6 Å². The molecule has 0 saturated heterocycles. The number of carbonyl (C=O) groups excluding carboxylic acids is 1. The van der Waals surface area contributed by atoms with Gasteiger partial charge in [-0.15, -0.1) is 0 Å². The molecule has 0 aliphatic carbocycles. The number of carboxylic acid groups (broad SMARTS) is 1. The van der Waals surface area contributed by atoms with E-state index in [0.29, 0.717) is 0 Å². The zero-order valence-electron chi connectivity index (χ0n) is 7.64. The minimum atomic E-state index is -0.918. The van der Waals surface area contributed by atoms with Gasteiger partial charge in [0.05, 0.1) is 0 Å². The van der Waals surface area contributed by atoms with Gasteiger partial charge in [-0.05, 0) is 23.7 Å². The SMILES string of the molecule is O=C([O-])CCCCCCCI.[Cs+]. The standard InChI is InChI=1S/C8H15IO2.Cs/c9-7-5-3-1-2-4-6-8(10)11;/h1-7H2,(H,10,11);/q;+1/p-1. The zero-order valence-corrected chi connectivity index (χ0v) is 16.1. The van der Waals surface area contributed by atoms with Gasteiger partial charge in [0.2, 0.25) is 0 Å². The number of hydrogen-bond donors (Lipinski definition) is 0. The molecule has 0 amide bonds. The van der Waals surface area contributed by atoms with Gasteiger partial charge in [-0.1, -0.05) is 41.9 Å². The van der Waals surface area contributed by atoms with Crippen molar-refractivity contribution >= 4 is 28.6 Å². The van der Waals surface area contributed by atoms with Crippen molar-refractivity contribution in [3.63, 3.8) is 0 Å². The average Bonchev–Trinajstić information content (AvgIpc) is 1.96. The van der Waals surface area contributed by atoms with Gasteiger partial charge in [0, 0.05) is 5.97 Å². The first-order chi connectivity index (χ1) is 5.27. The van der Waals surface area contributed by atoms with Crippen molar-refractivity contribution in [3.8, 4) is 0 Å². The van der Waals surface area contributed by atoms with Crippen LogP contribution in [-0.2, 0) is 4.79 Å². The van der Waals surface area contributed by atoms with Gasteiger partial charge in [-0.3, -0.25) is 0 Å². The van der Waals surface area contributed by atoms with Crippen molar-refractivity contribution in [1.29, 1.82) is 0 Å². The van der Waals surface area contributed by atoms with Gasteiger partial charge in [0.1, 0.15) is 0 Å². The second-order valence-corrected chi connectivity index (χ2v) is 3.66. The van der Waals surface area contributed by atoms with E-state index in [-0.39, 0.29) is 75.3 Å². The van der Waals surface area contributed by atoms with Crippen LogP contribution in [0, 0.1) is 0 Å². The van der Waals surface area contributed by atoms with E-state index < -0.39 is 5.97 Å². The Balaban J connectivity index is 0. The Kier molecular flexibility index (Phi) is 18.4. The molecular weight excluding hydrogens is 388 g/mol. The molecule has 0 saturated carbocycles. The zero-order chi connectivity index (χ0) is 8.53. The third kappa shape index (κ3) is 14.8. The molecule has 0 bridgehead atoms. The van der Waals surface area contributed by atoms with Crippen molar-refractivity contribution in [3.05, 3.63) is 0 Å². The minimum Gasteiger partial charge on any atom is -0.550 e. The Bertz CT molecular complexity index is 109. The predicted molar refractivity (Wildman–Crippen MR) is 51.6 cm³/mol. The van der Waals surface area contributed by atoms with Crippen LogP contribution in [0.25, 0.3) is 0 Å². The molecule has 66 valence electrons. The molecule has 0 radical (unpaired) electrons. The first-order valence-corrected chi connectivity index (χ1v) is 5.55. The molecule has 0 aliphatic rings. The molecule has 0 fully saturated rings. The number of rotatable bonds is 7.